The molecular weight excluding hydrogens is 160 g/mol. The minimum Gasteiger partial charge on any atom is -0.299 e. The fourth-order valence-electron chi connectivity index (χ4n) is 2.55. The summed E-state index contributed by atoms with van der Waals surface area (Å²) in [5, 5.41) is 0. The van der Waals surface area contributed by atoms with Crippen molar-refractivity contribution in [3.63, 3.8) is 0 Å². The van der Waals surface area contributed by atoms with Crippen LogP contribution in [0.1, 0.15) is 32.6 Å². The lowest BCUT2D eigenvalue weighted by Crippen LogP contribution is -2.25. The molecule has 0 aromatic carbocycles. The van der Waals surface area contributed by atoms with Crippen molar-refractivity contribution in [1.29, 1.82) is 0 Å². The molecule has 1 heteroatoms. The first-order valence-corrected chi connectivity index (χ1v) is 5.16. The van der Waals surface area contributed by atoms with E-state index < -0.39 is 0 Å². The van der Waals surface area contributed by atoms with E-state index in [1.807, 2.05) is 0 Å². The molecule has 0 bridgehead atoms. The molecule has 0 radical (unpaired) electrons. The first-order valence-electron chi connectivity index (χ1n) is 5.16. The molecule has 2 aliphatic carbocycles. The van der Waals surface area contributed by atoms with E-state index in [0.29, 0.717) is 11.7 Å². The van der Waals surface area contributed by atoms with Crippen molar-refractivity contribution in [3.8, 4) is 0 Å². The Morgan fingerprint density at radius 3 is 3.08 bits per heavy atom. The maximum atomic E-state index is 11.4. The quantitative estimate of drug-likeness (QED) is 0.600. The van der Waals surface area contributed by atoms with Gasteiger partial charge in [0.05, 0.1) is 0 Å². The van der Waals surface area contributed by atoms with Crippen LogP contribution in [-0.4, -0.2) is 5.78 Å². The number of carbonyl (C=O) groups excluding carboxylic acids is 1. The van der Waals surface area contributed by atoms with Crippen LogP contribution < -0.4 is 0 Å². The van der Waals surface area contributed by atoms with Gasteiger partial charge in [0.25, 0.3) is 0 Å². The van der Waals surface area contributed by atoms with Gasteiger partial charge in [0.2, 0.25) is 0 Å². The van der Waals surface area contributed by atoms with Gasteiger partial charge in [-0.2, -0.15) is 0 Å². The van der Waals surface area contributed by atoms with Gasteiger partial charge in [-0.05, 0) is 32.1 Å². The zero-order valence-electron chi connectivity index (χ0n) is 8.12. The van der Waals surface area contributed by atoms with Crippen LogP contribution in [0.15, 0.2) is 23.8 Å². The third-order valence-corrected chi connectivity index (χ3v) is 3.26. The molecule has 0 heterocycles. The highest BCUT2D eigenvalue weighted by Gasteiger charge is 2.29. The number of fused-ring (bicyclic) bond motifs is 1. The number of ketones is 1. The summed E-state index contributed by atoms with van der Waals surface area (Å²) in [5.41, 5.74) is 1.40. The predicted octanol–water partition coefficient (Wildman–Crippen LogP) is 2.88. The van der Waals surface area contributed by atoms with Gasteiger partial charge in [-0.25, -0.2) is 0 Å². The molecule has 13 heavy (non-hydrogen) atoms. The number of carbonyl (C=O) groups is 1. The Kier molecular flexibility index (Phi) is 2.34. The molecule has 2 rings (SSSR count). The lowest BCUT2D eigenvalue weighted by molar-refractivity contribution is -0.120. The van der Waals surface area contributed by atoms with Crippen LogP contribution in [0.2, 0.25) is 0 Å². The summed E-state index contributed by atoms with van der Waals surface area (Å²) >= 11 is 0. The number of Topliss-reactive ketones (excluding diaryl/α,β-unsaturated/α-hetero) is 1. The molecule has 0 N–H and O–H groups in total. The maximum Gasteiger partial charge on any atom is 0.136 e. The highest BCUT2D eigenvalue weighted by atomic mass is 16.1. The molecule has 0 aromatic heterocycles. The fourth-order valence-corrected chi connectivity index (χ4v) is 2.55. The number of hydrogen-bond donors (Lipinski definition) is 0. The van der Waals surface area contributed by atoms with Crippen molar-refractivity contribution in [2.24, 2.45) is 11.8 Å². The first kappa shape index (κ1) is 8.74. The summed E-state index contributed by atoms with van der Waals surface area (Å²) in [6.45, 7) is 1.73. The molecule has 1 nitrogen and oxygen atoms in total. The van der Waals surface area contributed by atoms with E-state index in [1.54, 1.807) is 6.92 Å². The number of rotatable bonds is 1. The van der Waals surface area contributed by atoms with Crippen molar-refractivity contribution in [3.05, 3.63) is 23.8 Å². The second-order valence-electron chi connectivity index (χ2n) is 4.12. The van der Waals surface area contributed by atoms with Crippen LogP contribution in [0.5, 0.6) is 0 Å². The van der Waals surface area contributed by atoms with Gasteiger partial charge in [-0.1, -0.05) is 30.2 Å². The van der Waals surface area contributed by atoms with Crippen molar-refractivity contribution in [1.82, 2.24) is 0 Å². The Morgan fingerprint density at radius 1 is 1.46 bits per heavy atom. The smallest absolute Gasteiger partial charge is 0.136 e. The van der Waals surface area contributed by atoms with E-state index in [9.17, 15) is 4.79 Å². The average Bonchev–Trinajstić information content (AvgIpc) is 2.17. The molecule has 0 aliphatic heterocycles. The van der Waals surface area contributed by atoms with Crippen LogP contribution in [0, 0.1) is 11.8 Å². The van der Waals surface area contributed by atoms with E-state index in [1.165, 1.54) is 18.4 Å². The maximum absolute atomic E-state index is 11.4. The molecule has 70 valence electrons. The van der Waals surface area contributed by atoms with Gasteiger partial charge >= 0.3 is 0 Å². The molecule has 0 saturated heterocycles. The van der Waals surface area contributed by atoms with E-state index in [0.717, 1.165) is 12.8 Å². The summed E-state index contributed by atoms with van der Waals surface area (Å²) in [4.78, 5) is 11.4. The van der Waals surface area contributed by atoms with Gasteiger partial charge in [0.15, 0.2) is 0 Å². The molecule has 2 aliphatic rings. The monoisotopic (exact) mass is 176 g/mol. The van der Waals surface area contributed by atoms with Crippen molar-refractivity contribution < 1.29 is 4.79 Å². The second kappa shape index (κ2) is 3.49. The summed E-state index contributed by atoms with van der Waals surface area (Å²) in [6, 6.07) is 0. The summed E-state index contributed by atoms with van der Waals surface area (Å²) in [5.74, 6) is 1.27. The summed E-state index contributed by atoms with van der Waals surface area (Å²) in [7, 11) is 0. The minimum absolute atomic E-state index is 0.240. The van der Waals surface area contributed by atoms with Crippen LogP contribution in [-0.2, 0) is 4.79 Å². The Balaban J connectivity index is 2.24. The molecule has 2 atom stereocenters. The van der Waals surface area contributed by atoms with Gasteiger partial charge in [0, 0.05) is 5.92 Å². The highest BCUT2D eigenvalue weighted by molar-refractivity contribution is 5.81. The van der Waals surface area contributed by atoms with Crippen molar-refractivity contribution in [2.45, 2.75) is 32.6 Å². The standard InChI is InChI=1S/C12H16O/c1-9(13)11-8-4-6-10-5-2-3-7-12(10)11/h2-3,7,10-11H,4-6,8H2,1H3. The Morgan fingerprint density at radius 2 is 2.31 bits per heavy atom. The van der Waals surface area contributed by atoms with Crippen LogP contribution in [0.25, 0.3) is 0 Å². The molecule has 2 unspecified atom stereocenters. The normalized spacial score (nSPS) is 32.2. The fraction of sp³-hybridized carbons (Fsp3) is 0.583. The largest absolute Gasteiger partial charge is 0.299 e. The predicted molar refractivity (Wildman–Crippen MR) is 53.4 cm³/mol. The van der Waals surface area contributed by atoms with E-state index in [4.69, 9.17) is 0 Å². The zero-order valence-corrected chi connectivity index (χ0v) is 8.12. The zero-order chi connectivity index (χ0) is 9.26. The highest BCUT2D eigenvalue weighted by Crippen LogP contribution is 2.38. The van der Waals surface area contributed by atoms with Crippen LogP contribution in [0.3, 0.4) is 0 Å². The summed E-state index contributed by atoms with van der Waals surface area (Å²) < 4.78 is 0. The SMILES string of the molecule is CC(=O)C1CCCC2CC=CC=C21. The lowest BCUT2D eigenvalue weighted by Gasteiger charge is -2.32. The third-order valence-electron chi connectivity index (χ3n) is 3.26. The Labute approximate surface area is 79.5 Å². The van der Waals surface area contributed by atoms with Crippen molar-refractivity contribution in [2.75, 3.05) is 0 Å². The average molecular weight is 176 g/mol. The third kappa shape index (κ3) is 1.60. The van der Waals surface area contributed by atoms with E-state index in [-0.39, 0.29) is 5.92 Å². The van der Waals surface area contributed by atoms with Gasteiger partial charge in [-0.3, -0.25) is 4.79 Å². The first-order chi connectivity index (χ1) is 6.29. The molecule has 0 aromatic rings. The summed E-state index contributed by atoms with van der Waals surface area (Å²) in [6.07, 6.45) is 11.2. The van der Waals surface area contributed by atoms with Gasteiger partial charge in [0.1, 0.15) is 5.78 Å². The topological polar surface area (TPSA) is 17.1 Å². The minimum atomic E-state index is 0.240. The molecule has 1 saturated carbocycles. The van der Waals surface area contributed by atoms with E-state index >= 15 is 0 Å². The van der Waals surface area contributed by atoms with Crippen LogP contribution >= 0.6 is 0 Å². The van der Waals surface area contributed by atoms with Gasteiger partial charge < -0.3 is 0 Å². The number of hydrogen-bond acceptors (Lipinski definition) is 1. The number of allylic oxidation sites excluding steroid dienone is 4. The molecular formula is C12H16O. The Hall–Kier alpha value is -0.850. The molecule has 0 spiro atoms. The molecule has 0 amide bonds. The molecule has 1 fully saturated rings. The second-order valence-corrected chi connectivity index (χ2v) is 4.12. The van der Waals surface area contributed by atoms with Gasteiger partial charge in [-0.15, -0.1) is 0 Å². The Bertz CT molecular complexity index is 273. The van der Waals surface area contributed by atoms with Crippen LogP contribution in [0.4, 0.5) is 0 Å². The van der Waals surface area contributed by atoms with E-state index in [2.05, 4.69) is 18.2 Å². The van der Waals surface area contributed by atoms with Crippen molar-refractivity contribution >= 4 is 5.78 Å². The lowest BCUT2D eigenvalue weighted by atomic mass is 9.72.